The SMILES string of the molecule is CC1CNCCN1Cc1nnc2n1CCCC2. The van der Waals surface area contributed by atoms with Gasteiger partial charge in [0.1, 0.15) is 11.6 Å². The van der Waals surface area contributed by atoms with Gasteiger partial charge in [0.05, 0.1) is 6.54 Å². The van der Waals surface area contributed by atoms with Gasteiger partial charge in [-0.05, 0) is 19.8 Å². The number of nitrogens with zero attached hydrogens (tertiary/aromatic N) is 4. The first-order valence-electron chi connectivity index (χ1n) is 6.70. The lowest BCUT2D eigenvalue weighted by molar-refractivity contribution is 0.159. The van der Waals surface area contributed by atoms with Crippen molar-refractivity contribution in [2.75, 3.05) is 19.6 Å². The van der Waals surface area contributed by atoms with Crippen LogP contribution >= 0.6 is 0 Å². The Hall–Kier alpha value is -0.940. The molecule has 1 aromatic heterocycles. The maximum atomic E-state index is 4.38. The zero-order valence-corrected chi connectivity index (χ0v) is 10.5. The van der Waals surface area contributed by atoms with E-state index in [2.05, 4.69) is 31.9 Å². The third kappa shape index (κ3) is 2.21. The van der Waals surface area contributed by atoms with Crippen LogP contribution in [0.5, 0.6) is 0 Å². The van der Waals surface area contributed by atoms with Crippen LogP contribution in [0.2, 0.25) is 0 Å². The number of nitrogens with one attached hydrogen (secondary N) is 1. The highest BCUT2D eigenvalue weighted by molar-refractivity contribution is 4.99. The molecule has 3 rings (SSSR count). The zero-order chi connectivity index (χ0) is 11.7. The molecule has 3 heterocycles. The number of fused-ring (bicyclic) bond motifs is 1. The van der Waals surface area contributed by atoms with Crippen molar-refractivity contribution in [3.05, 3.63) is 11.6 Å². The predicted molar refractivity (Wildman–Crippen MR) is 65.7 cm³/mol. The third-order valence-corrected chi connectivity index (χ3v) is 3.92. The second kappa shape index (κ2) is 4.74. The molecule has 0 aliphatic carbocycles. The molecular formula is C12H21N5. The van der Waals surface area contributed by atoms with E-state index in [-0.39, 0.29) is 0 Å². The lowest BCUT2D eigenvalue weighted by atomic mass is 10.1. The van der Waals surface area contributed by atoms with E-state index >= 15 is 0 Å². The molecule has 17 heavy (non-hydrogen) atoms. The third-order valence-electron chi connectivity index (χ3n) is 3.92. The van der Waals surface area contributed by atoms with E-state index in [0.717, 1.165) is 45.0 Å². The highest BCUT2D eigenvalue weighted by Crippen LogP contribution is 2.16. The predicted octanol–water partition coefficient (Wildman–Crippen LogP) is 0.408. The van der Waals surface area contributed by atoms with E-state index in [9.17, 15) is 0 Å². The van der Waals surface area contributed by atoms with Gasteiger partial charge in [0.15, 0.2) is 0 Å². The van der Waals surface area contributed by atoms with Crippen LogP contribution in [0.25, 0.3) is 0 Å². The second-order valence-corrected chi connectivity index (χ2v) is 5.16. The molecule has 1 N–H and O–H groups in total. The van der Waals surface area contributed by atoms with E-state index in [0.29, 0.717) is 6.04 Å². The van der Waals surface area contributed by atoms with Gasteiger partial charge in [-0.1, -0.05) is 0 Å². The quantitative estimate of drug-likeness (QED) is 0.806. The highest BCUT2D eigenvalue weighted by Gasteiger charge is 2.22. The summed E-state index contributed by atoms with van der Waals surface area (Å²) in [6.45, 7) is 7.63. The Morgan fingerprint density at radius 1 is 1.29 bits per heavy atom. The van der Waals surface area contributed by atoms with Crippen LogP contribution in [-0.2, 0) is 19.5 Å². The molecule has 2 aliphatic heterocycles. The van der Waals surface area contributed by atoms with Gasteiger partial charge in [0.25, 0.3) is 0 Å². The van der Waals surface area contributed by atoms with Crippen LogP contribution < -0.4 is 5.32 Å². The van der Waals surface area contributed by atoms with Gasteiger partial charge in [-0.25, -0.2) is 0 Å². The van der Waals surface area contributed by atoms with Crippen LogP contribution in [0.3, 0.4) is 0 Å². The molecule has 0 spiro atoms. The summed E-state index contributed by atoms with van der Waals surface area (Å²) in [4.78, 5) is 2.50. The number of piperazine rings is 1. The largest absolute Gasteiger partial charge is 0.314 e. The minimum Gasteiger partial charge on any atom is -0.314 e. The van der Waals surface area contributed by atoms with Gasteiger partial charge in [0.2, 0.25) is 0 Å². The van der Waals surface area contributed by atoms with Crippen molar-refractivity contribution < 1.29 is 0 Å². The maximum Gasteiger partial charge on any atom is 0.147 e. The summed E-state index contributed by atoms with van der Waals surface area (Å²) in [5.41, 5.74) is 0. The minimum absolute atomic E-state index is 0.597. The van der Waals surface area contributed by atoms with E-state index in [4.69, 9.17) is 0 Å². The molecule has 1 unspecified atom stereocenters. The summed E-state index contributed by atoms with van der Waals surface area (Å²) >= 11 is 0. The summed E-state index contributed by atoms with van der Waals surface area (Å²) in [5.74, 6) is 2.35. The van der Waals surface area contributed by atoms with Crippen molar-refractivity contribution in [3.63, 3.8) is 0 Å². The number of aryl methyl sites for hydroxylation is 1. The Morgan fingerprint density at radius 3 is 3.12 bits per heavy atom. The minimum atomic E-state index is 0.597. The van der Waals surface area contributed by atoms with E-state index in [1.165, 1.54) is 18.7 Å². The average molecular weight is 235 g/mol. The molecule has 0 radical (unpaired) electrons. The Labute approximate surface area is 102 Å². The van der Waals surface area contributed by atoms with Gasteiger partial charge >= 0.3 is 0 Å². The Bertz CT molecular complexity index is 386. The number of aromatic nitrogens is 3. The Balaban J connectivity index is 1.73. The normalized spacial score (nSPS) is 25.8. The summed E-state index contributed by atoms with van der Waals surface area (Å²) in [6.07, 6.45) is 3.64. The van der Waals surface area contributed by atoms with Crippen molar-refractivity contribution in [1.29, 1.82) is 0 Å². The molecule has 1 fully saturated rings. The zero-order valence-electron chi connectivity index (χ0n) is 10.5. The Morgan fingerprint density at radius 2 is 2.24 bits per heavy atom. The molecule has 5 heteroatoms. The molecule has 1 atom stereocenters. The summed E-state index contributed by atoms with van der Waals surface area (Å²) in [6, 6.07) is 0.597. The lowest BCUT2D eigenvalue weighted by Gasteiger charge is -2.33. The average Bonchev–Trinajstić information content (AvgIpc) is 2.76. The van der Waals surface area contributed by atoms with Crippen molar-refractivity contribution in [2.45, 2.75) is 45.3 Å². The fraction of sp³-hybridized carbons (Fsp3) is 0.833. The first-order chi connectivity index (χ1) is 8.34. The van der Waals surface area contributed by atoms with Crippen LogP contribution in [-0.4, -0.2) is 45.3 Å². The van der Waals surface area contributed by atoms with E-state index in [1.807, 2.05) is 0 Å². The number of hydrogen-bond acceptors (Lipinski definition) is 4. The standard InChI is InChI=1S/C12H21N5/c1-10-8-13-5-7-16(10)9-12-15-14-11-4-2-3-6-17(11)12/h10,13H,2-9H2,1H3. The fourth-order valence-electron chi connectivity index (χ4n) is 2.79. The van der Waals surface area contributed by atoms with Crippen LogP contribution in [0.4, 0.5) is 0 Å². The van der Waals surface area contributed by atoms with Crippen LogP contribution in [0.1, 0.15) is 31.4 Å². The molecule has 2 aliphatic rings. The summed E-state index contributed by atoms with van der Waals surface area (Å²) in [5, 5.41) is 12.1. The summed E-state index contributed by atoms with van der Waals surface area (Å²) in [7, 11) is 0. The Kier molecular flexibility index (Phi) is 3.11. The van der Waals surface area contributed by atoms with Gasteiger partial charge < -0.3 is 9.88 Å². The summed E-state index contributed by atoms with van der Waals surface area (Å²) < 4.78 is 2.33. The van der Waals surface area contributed by atoms with Gasteiger partial charge in [-0.15, -0.1) is 10.2 Å². The first kappa shape index (κ1) is 11.2. The highest BCUT2D eigenvalue weighted by atomic mass is 15.3. The van der Waals surface area contributed by atoms with E-state index in [1.54, 1.807) is 0 Å². The molecule has 0 amide bonds. The van der Waals surface area contributed by atoms with Crippen molar-refractivity contribution in [2.24, 2.45) is 0 Å². The first-order valence-corrected chi connectivity index (χ1v) is 6.70. The smallest absolute Gasteiger partial charge is 0.147 e. The monoisotopic (exact) mass is 235 g/mol. The van der Waals surface area contributed by atoms with Crippen LogP contribution in [0.15, 0.2) is 0 Å². The maximum absolute atomic E-state index is 4.38. The fourth-order valence-corrected chi connectivity index (χ4v) is 2.79. The molecule has 94 valence electrons. The number of rotatable bonds is 2. The molecule has 1 saturated heterocycles. The molecule has 1 aromatic rings. The van der Waals surface area contributed by atoms with Crippen molar-refractivity contribution >= 4 is 0 Å². The van der Waals surface area contributed by atoms with Gasteiger partial charge in [-0.3, -0.25) is 4.90 Å². The van der Waals surface area contributed by atoms with Crippen molar-refractivity contribution in [3.8, 4) is 0 Å². The van der Waals surface area contributed by atoms with Gasteiger partial charge in [-0.2, -0.15) is 0 Å². The lowest BCUT2D eigenvalue weighted by Crippen LogP contribution is -2.49. The molecule has 5 nitrogen and oxygen atoms in total. The van der Waals surface area contributed by atoms with Gasteiger partial charge in [0, 0.05) is 38.6 Å². The van der Waals surface area contributed by atoms with E-state index < -0.39 is 0 Å². The topological polar surface area (TPSA) is 46.0 Å². The molecule has 0 aromatic carbocycles. The second-order valence-electron chi connectivity index (χ2n) is 5.16. The number of hydrogen-bond donors (Lipinski definition) is 1. The van der Waals surface area contributed by atoms with Crippen LogP contribution in [0, 0.1) is 0 Å². The molecule has 0 saturated carbocycles. The molecule has 0 bridgehead atoms. The van der Waals surface area contributed by atoms with Crippen molar-refractivity contribution in [1.82, 2.24) is 25.0 Å². The molecular weight excluding hydrogens is 214 g/mol.